The standard InChI is InChI=1S/C21H15Cl2NO4S/c1-2-28-21(27)17-18(25)16(10-13-8-9-14(22)11-15(13)23)29-20(17)24-19(26)12-6-4-3-5-7-12/h3-11,25H,2H2,1H3/b16-10-,24-20?. The fourth-order valence-corrected chi connectivity index (χ4v) is 3.96. The largest absolute Gasteiger partial charge is 0.506 e. The number of esters is 1. The van der Waals surface area contributed by atoms with Crippen molar-refractivity contribution in [2.24, 2.45) is 4.99 Å². The number of thioether (sulfide) groups is 1. The molecule has 8 heteroatoms. The Morgan fingerprint density at radius 2 is 1.90 bits per heavy atom. The predicted molar refractivity (Wildman–Crippen MR) is 117 cm³/mol. The van der Waals surface area contributed by atoms with Gasteiger partial charge < -0.3 is 9.84 Å². The molecule has 0 unspecified atom stereocenters. The van der Waals surface area contributed by atoms with Gasteiger partial charge in [-0.3, -0.25) is 4.79 Å². The summed E-state index contributed by atoms with van der Waals surface area (Å²) >= 11 is 13.1. The number of carbonyl (C=O) groups excluding carboxylic acids is 2. The van der Waals surface area contributed by atoms with E-state index in [2.05, 4.69) is 4.99 Å². The highest BCUT2D eigenvalue weighted by molar-refractivity contribution is 8.18. The van der Waals surface area contributed by atoms with Crippen LogP contribution in [0.25, 0.3) is 6.08 Å². The minimum Gasteiger partial charge on any atom is -0.506 e. The van der Waals surface area contributed by atoms with E-state index >= 15 is 0 Å². The number of rotatable bonds is 4. The molecule has 3 rings (SSSR count). The minimum atomic E-state index is -0.761. The summed E-state index contributed by atoms with van der Waals surface area (Å²) in [6.45, 7) is 1.76. The van der Waals surface area contributed by atoms with Crippen molar-refractivity contribution in [2.75, 3.05) is 6.61 Å². The third-order valence-electron chi connectivity index (χ3n) is 3.84. The van der Waals surface area contributed by atoms with E-state index in [-0.39, 0.29) is 23.0 Å². The van der Waals surface area contributed by atoms with Gasteiger partial charge in [0.25, 0.3) is 5.91 Å². The highest BCUT2D eigenvalue weighted by Crippen LogP contribution is 2.40. The Bertz CT molecular complexity index is 1060. The first-order valence-electron chi connectivity index (χ1n) is 8.54. The molecule has 1 aliphatic rings. The molecule has 0 spiro atoms. The molecule has 2 aromatic carbocycles. The summed E-state index contributed by atoms with van der Waals surface area (Å²) in [6.07, 6.45) is 1.59. The van der Waals surface area contributed by atoms with Crippen molar-refractivity contribution >= 4 is 58.0 Å². The molecule has 1 N–H and O–H groups in total. The number of amides is 1. The number of ether oxygens (including phenoxy) is 1. The molecule has 0 atom stereocenters. The second kappa shape index (κ2) is 9.31. The van der Waals surface area contributed by atoms with Gasteiger partial charge in [-0.2, -0.15) is 0 Å². The SMILES string of the molecule is CCOC(=O)C1=C(O)/C(=C/c2ccc(Cl)cc2Cl)SC1=NC(=O)c1ccccc1. The normalized spacial score (nSPS) is 16.5. The van der Waals surface area contributed by atoms with Gasteiger partial charge in [0.15, 0.2) is 0 Å². The topological polar surface area (TPSA) is 76.0 Å². The van der Waals surface area contributed by atoms with E-state index in [1.807, 2.05) is 0 Å². The Morgan fingerprint density at radius 1 is 1.17 bits per heavy atom. The Balaban J connectivity index is 2.03. The van der Waals surface area contributed by atoms with E-state index in [1.165, 1.54) is 0 Å². The van der Waals surface area contributed by atoms with Gasteiger partial charge in [0.2, 0.25) is 0 Å². The molecule has 0 saturated heterocycles. The Morgan fingerprint density at radius 3 is 2.55 bits per heavy atom. The van der Waals surface area contributed by atoms with Crippen LogP contribution < -0.4 is 0 Å². The second-order valence-electron chi connectivity index (χ2n) is 5.81. The summed E-state index contributed by atoms with van der Waals surface area (Å²) in [6, 6.07) is 13.3. The maximum atomic E-state index is 12.5. The van der Waals surface area contributed by atoms with Gasteiger partial charge in [0.1, 0.15) is 16.4 Å². The van der Waals surface area contributed by atoms with E-state index in [9.17, 15) is 14.7 Å². The van der Waals surface area contributed by atoms with Gasteiger partial charge in [0, 0.05) is 15.6 Å². The van der Waals surface area contributed by atoms with E-state index in [4.69, 9.17) is 27.9 Å². The number of aliphatic hydroxyl groups is 1. The first-order valence-corrected chi connectivity index (χ1v) is 10.1. The zero-order valence-electron chi connectivity index (χ0n) is 15.2. The molecular weight excluding hydrogens is 433 g/mol. The number of halogens is 2. The van der Waals surface area contributed by atoms with Crippen molar-refractivity contribution in [2.45, 2.75) is 6.92 Å². The molecule has 1 heterocycles. The van der Waals surface area contributed by atoms with Crippen molar-refractivity contribution in [3.63, 3.8) is 0 Å². The van der Waals surface area contributed by atoms with Crippen LogP contribution in [0.1, 0.15) is 22.8 Å². The lowest BCUT2D eigenvalue weighted by Gasteiger charge is -2.03. The maximum absolute atomic E-state index is 12.5. The summed E-state index contributed by atoms with van der Waals surface area (Å²) in [5.41, 5.74) is 0.794. The second-order valence-corrected chi connectivity index (χ2v) is 7.68. The quantitative estimate of drug-likeness (QED) is 0.608. The van der Waals surface area contributed by atoms with Gasteiger partial charge in [-0.1, -0.05) is 59.2 Å². The lowest BCUT2D eigenvalue weighted by Crippen LogP contribution is -2.14. The Hall–Kier alpha value is -2.54. The van der Waals surface area contributed by atoms with Crippen LogP contribution in [0.3, 0.4) is 0 Å². The van der Waals surface area contributed by atoms with Crippen molar-refractivity contribution in [3.05, 3.63) is 85.9 Å². The van der Waals surface area contributed by atoms with E-state index < -0.39 is 11.9 Å². The van der Waals surface area contributed by atoms with Crippen LogP contribution in [-0.4, -0.2) is 28.6 Å². The van der Waals surface area contributed by atoms with Gasteiger partial charge in [0.05, 0.1) is 11.5 Å². The van der Waals surface area contributed by atoms with Crippen molar-refractivity contribution in [1.29, 1.82) is 0 Å². The number of aliphatic hydroxyl groups excluding tert-OH is 1. The molecule has 0 fully saturated rings. The summed E-state index contributed by atoms with van der Waals surface area (Å²) in [5, 5.41) is 11.5. The highest BCUT2D eigenvalue weighted by atomic mass is 35.5. The third-order valence-corrected chi connectivity index (χ3v) is 5.43. The minimum absolute atomic E-state index is 0.0612. The number of carbonyl (C=O) groups is 2. The molecule has 5 nitrogen and oxygen atoms in total. The molecule has 0 radical (unpaired) electrons. The number of benzene rings is 2. The van der Waals surface area contributed by atoms with Crippen LogP contribution in [-0.2, 0) is 9.53 Å². The van der Waals surface area contributed by atoms with Crippen molar-refractivity contribution < 1.29 is 19.4 Å². The average Bonchev–Trinajstić information content (AvgIpc) is 2.99. The zero-order valence-corrected chi connectivity index (χ0v) is 17.5. The van der Waals surface area contributed by atoms with Crippen molar-refractivity contribution in [3.8, 4) is 0 Å². The molecule has 0 saturated carbocycles. The molecule has 0 bridgehead atoms. The number of hydrogen-bond donors (Lipinski definition) is 1. The lowest BCUT2D eigenvalue weighted by atomic mass is 10.1. The van der Waals surface area contributed by atoms with Gasteiger partial charge in [-0.15, -0.1) is 0 Å². The average molecular weight is 448 g/mol. The molecular formula is C21H15Cl2NO4S. The molecule has 148 valence electrons. The van der Waals surface area contributed by atoms with Crippen LogP contribution in [0.2, 0.25) is 10.0 Å². The van der Waals surface area contributed by atoms with Crippen LogP contribution in [0, 0.1) is 0 Å². The van der Waals surface area contributed by atoms with Gasteiger partial charge in [-0.05, 0) is 42.8 Å². The number of aliphatic imine (C=N–C) groups is 1. The predicted octanol–water partition coefficient (Wildman–Crippen LogP) is 5.70. The number of nitrogens with zero attached hydrogens (tertiary/aromatic N) is 1. The Labute approximate surface area is 181 Å². The maximum Gasteiger partial charge on any atom is 0.344 e. The summed E-state index contributed by atoms with van der Waals surface area (Å²) in [7, 11) is 0. The summed E-state index contributed by atoms with van der Waals surface area (Å²) in [4.78, 5) is 29.2. The van der Waals surface area contributed by atoms with E-state index in [0.717, 1.165) is 11.8 Å². The van der Waals surface area contributed by atoms with Crippen LogP contribution >= 0.6 is 35.0 Å². The smallest absolute Gasteiger partial charge is 0.344 e. The summed E-state index contributed by atoms with van der Waals surface area (Å²) in [5.74, 6) is -1.62. The Kier molecular flexibility index (Phi) is 6.79. The zero-order chi connectivity index (χ0) is 21.0. The summed E-state index contributed by atoms with van der Waals surface area (Å²) < 4.78 is 5.02. The molecule has 0 aliphatic carbocycles. The molecule has 0 aromatic heterocycles. The van der Waals surface area contributed by atoms with Crippen LogP contribution in [0.4, 0.5) is 0 Å². The van der Waals surface area contributed by atoms with Crippen LogP contribution in [0.15, 0.2) is 69.8 Å². The van der Waals surface area contributed by atoms with Gasteiger partial charge in [-0.25, -0.2) is 9.79 Å². The van der Waals surface area contributed by atoms with Gasteiger partial charge >= 0.3 is 5.97 Å². The lowest BCUT2D eigenvalue weighted by molar-refractivity contribution is -0.138. The molecule has 1 amide bonds. The first kappa shape index (κ1) is 21.2. The highest BCUT2D eigenvalue weighted by Gasteiger charge is 2.34. The van der Waals surface area contributed by atoms with Crippen molar-refractivity contribution in [1.82, 2.24) is 0 Å². The fraction of sp³-hybridized carbons (Fsp3) is 0.0952. The van der Waals surface area contributed by atoms with Crippen LogP contribution in [0.5, 0.6) is 0 Å². The van der Waals surface area contributed by atoms with E-state index in [1.54, 1.807) is 61.5 Å². The van der Waals surface area contributed by atoms with E-state index in [0.29, 0.717) is 26.1 Å². The molecule has 29 heavy (non-hydrogen) atoms. The fourth-order valence-electron chi connectivity index (χ4n) is 2.49. The monoisotopic (exact) mass is 447 g/mol. The number of hydrogen-bond acceptors (Lipinski definition) is 5. The third kappa shape index (κ3) is 4.90. The molecule has 1 aliphatic heterocycles. The molecule has 2 aromatic rings. The first-order chi connectivity index (χ1) is 13.9.